The van der Waals surface area contributed by atoms with Gasteiger partial charge in [0.25, 0.3) is 0 Å². The molecule has 3 heterocycles. The number of hydrogen-bond donors (Lipinski definition) is 0. The van der Waals surface area contributed by atoms with E-state index < -0.39 is 0 Å². The Bertz CT molecular complexity index is 632. The maximum Gasteiger partial charge on any atom is 0.222 e. The van der Waals surface area contributed by atoms with Gasteiger partial charge in [0.2, 0.25) is 5.91 Å². The first kappa shape index (κ1) is 18.1. The van der Waals surface area contributed by atoms with Crippen LogP contribution in [0.5, 0.6) is 0 Å². The summed E-state index contributed by atoms with van der Waals surface area (Å²) in [6, 6.07) is 0. The quantitative estimate of drug-likeness (QED) is 0.834. The van der Waals surface area contributed by atoms with E-state index in [-0.39, 0.29) is 5.41 Å². The molecule has 138 valence electrons. The number of anilines is 1. The van der Waals surface area contributed by atoms with Gasteiger partial charge in [-0.05, 0) is 47.2 Å². The molecule has 1 aromatic heterocycles. The molecular formula is C19H31N5O. The summed E-state index contributed by atoms with van der Waals surface area (Å²) in [5.74, 6) is 1.39. The van der Waals surface area contributed by atoms with Crippen LogP contribution in [0.2, 0.25) is 0 Å². The van der Waals surface area contributed by atoms with Gasteiger partial charge >= 0.3 is 0 Å². The highest BCUT2D eigenvalue weighted by atomic mass is 16.2. The molecule has 1 spiro atoms. The number of carbonyl (C=O) groups excluding carboxylic acids is 1. The average molecular weight is 345 g/mol. The lowest BCUT2D eigenvalue weighted by molar-refractivity contribution is -0.138. The molecule has 2 saturated heterocycles. The molecule has 3 rings (SSSR count). The minimum atomic E-state index is 0.212. The van der Waals surface area contributed by atoms with E-state index in [2.05, 4.69) is 45.7 Å². The molecule has 6 nitrogen and oxygen atoms in total. The molecule has 0 N–H and O–H groups in total. The summed E-state index contributed by atoms with van der Waals surface area (Å²) in [6.45, 7) is 8.84. The van der Waals surface area contributed by atoms with Crippen LogP contribution in [-0.2, 0) is 4.79 Å². The van der Waals surface area contributed by atoms with Gasteiger partial charge < -0.3 is 14.7 Å². The monoisotopic (exact) mass is 345 g/mol. The van der Waals surface area contributed by atoms with E-state index in [1.54, 1.807) is 6.33 Å². The summed E-state index contributed by atoms with van der Waals surface area (Å²) in [5.41, 5.74) is 2.44. The van der Waals surface area contributed by atoms with Crippen LogP contribution in [-0.4, -0.2) is 72.5 Å². The summed E-state index contributed by atoms with van der Waals surface area (Å²) in [4.78, 5) is 27.9. The molecule has 1 aromatic rings. The fourth-order valence-corrected chi connectivity index (χ4v) is 4.19. The van der Waals surface area contributed by atoms with Crippen LogP contribution >= 0.6 is 0 Å². The van der Waals surface area contributed by atoms with Gasteiger partial charge in [0.05, 0.1) is 0 Å². The highest BCUT2D eigenvalue weighted by molar-refractivity contribution is 5.77. The zero-order valence-electron chi connectivity index (χ0n) is 16.1. The van der Waals surface area contributed by atoms with Crippen LogP contribution in [0.15, 0.2) is 6.33 Å². The van der Waals surface area contributed by atoms with Crippen LogP contribution in [0.25, 0.3) is 0 Å². The zero-order valence-corrected chi connectivity index (χ0v) is 16.1. The number of likely N-dealkylation sites (N-methyl/N-ethyl adjacent to an activating group) is 1. The first-order chi connectivity index (χ1) is 11.9. The molecule has 1 amide bonds. The van der Waals surface area contributed by atoms with Gasteiger partial charge in [-0.2, -0.15) is 0 Å². The fourth-order valence-electron chi connectivity index (χ4n) is 4.19. The lowest BCUT2D eigenvalue weighted by atomic mass is 9.73. The number of aryl methyl sites for hydroxylation is 1. The Kier molecular flexibility index (Phi) is 5.27. The third-order valence-corrected chi connectivity index (χ3v) is 5.84. The summed E-state index contributed by atoms with van der Waals surface area (Å²) in [7, 11) is 4.12. The van der Waals surface area contributed by atoms with Crippen molar-refractivity contribution in [2.75, 3.05) is 51.7 Å². The minimum Gasteiger partial charge on any atom is -0.356 e. The van der Waals surface area contributed by atoms with Crippen molar-refractivity contribution >= 4 is 11.7 Å². The van der Waals surface area contributed by atoms with Crippen molar-refractivity contribution in [3.05, 3.63) is 17.6 Å². The van der Waals surface area contributed by atoms with Gasteiger partial charge in [0.15, 0.2) is 0 Å². The van der Waals surface area contributed by atoms with Gasteiger partial charge in [-0.3, -0.25) is 4.79 Å². The Morgan fingerprint density at radius 2 is 2.00 bits per heavy atom. The molecule has 6 heteroatoms. The van der Waals surface area contributed by atoms with Crippen LogP contribution in [0, 0.1) is 19.3 Å². The van der Waals surface area contributed by atoms with Crippen LogP contribution in [0.1, 0.15) is 36.9 Å². The number of rotatable bonds is 4. The second kappa shape index (κ2) is 7.28. The Labute approximate surface area is 151 Å². The summed E-state index contributed by atoms with van der Waals surface area (Å²) >= 11 is 0. The molecular weight excluding hydrogens is 314 g/mol. The van der Waals surface area contributed by atoms with Crippen molar-refractivity contribution in [2.45, 2.75) is 39.5 Å². The molecule has 1 atom stereocenters. The largest absolute Gasteiger partial charge is 0.356 e. The summed E-state index contributed by atoms with van der Waals surface area (Å²) < 4.78 is 0. The predicted molar refractivity (Wildman–Crippen MR) is 99.8 cm³/mol. The maximum absolute atomic E-state index is 12.4. The number of likely N-dealkylation sites (tertiary alicyclic amines) is 1. The van der Waals surface area contributed by atoms with E-state index in [0.29, 0.717) is 12.3 Å². The Morgan fingerprint density at radius 1 is 1.20 bits per heavy atom. The molecule has 25 heavy (non-hydrogen) atoms. The molecule has 0 aliphatic carbocycles. The van der Waals surface area contributed by atoms with E-state index in [1.807, 2.05) is 6.92 Å². The molecule has 2 aliphatic rings. The van der Waals surface area contributed by atoms with E-state index in [4.69, 9.17) is 0 Å². The van der Waals surface area contributed by atoms with E-state index >= 15 is 0 Å². The molecule has 0 saturated carbocycles. The zero-order chi connectivity index (χ0) is 18.0. The van der Waals surface area contributed by atoms with Crippen molar-refractivity contribution < 1.29 is 4.79 Å². The lowest BCUT2D eigenvalue weighted by Gasteiger charge is -2.49. The van der Waals surface area contributed by atoms with Crippen molar-refractivity contribution in [2.24, 2.45) is 5.41 Å². The van der Waals surface area contributed by atoms with Crippen molar-refractivity contribution in [1.82, 2.24) is 19.8 Å². The summed E-state index contributed by atoms with van der Waals surface area (Å²) in [6.07, 6.45) is 5.73. The van der Waals surface area contributed by atoms with Gasteiger partial charge in [0, 0.05) is 55.8 Å². The van der Waals surface area contributed by atoms with Gasteiger partial charge in [-0.25, -0.2) is 9.97 Å². The maximum atomic E-state index is 12.4. The first-order valence-electron chi connectivity index (χ1n) is 9.36. The summed E-state index contributed by atoms with van der Waals surface area (Å²) in [5, 5.41) is 0. The molecule has 0 aromatic carbocycles. The topological polar surface area (TPSA) is 52.6 Å². The minimum absolute atomic E-state index is 0.212. The van der Waals surface area contributed by atoms with Crippen LogP contribution in [0.4, 0.5) is 5.82 Å². The van der Waals surface area contributed by atoms with E-state index in [9.17, 15) is 4.79 Å². The van der Waals surface area contributed by atoms with Crippen molar-refractivity contribution in [1.29, 1.82) is 0 Å². The van der Waals surface area contributed by atoms with Gasteiger partial charge in [-0.15, -0.1) is 0 Å². The Hall–Kier alpha value is -1.69. The molecule has 0 radical (unpaired) electrons. The second-order valence-electron chi connectivity index (χ2n) is 8.05. The highest BCUT2D eigenvalue weighted by Gasteiger charge is 2.42. The Balaban J connectivity index is 1.75. The van der Waals surface area contributed by atoms with Gasteiger partial charge in [-0.1, -0.05) is 0 Å². The van der Waals surface area contributed by atoms with Gasteiger partial charge in [0.1, 0.15) is 12.1 Å². The number of hydrogen-bond acceptors (Lipinski definition) is 5. The van der Waals surface area contributed by atoms with E-state index in [1.165, 1.54) is 12.0 Å². The van der Waals surface area contributed by atoms with Crippen LogP contribution < -0.4 is 4.90 Å². The number of amides is 1. The predicted octanol–water partition coefficient (Wildman–Crippen LogP) is 1.86. The number of piperidine rings is 2. The SMILES string of the molecule is Cc1ncnc(N2CCCC3(CCC(=O)N(CCN(C)C)C3)C2)c1C. The normalized spacial score (nSPS) is 24.4. The van der Waals surface area contributed by atoms with Crippen molar-refractivity contribution in [3.8, 4) is 0 Å². The average Bonchev–Trinajstić information content (AvgIpc) is 2.58. The third kappa shape index (κ3) is 3.94. The number of nitrogens with zero attached hydrogens (tertiary/aromatic N) is 5. The third-order valence-electron chi connectivity index (χ3n) is 5.84. The lowest BCUT2D eigenvalue weighted by Crippen LogP contribution is -2.55. The van der Waals surface area contributed by atoms with Crippen molar-refractivity contribution in [3.63, 3.8) is 0 Å². The van der Waals surface area contributed by atoms with E-state index in [0.717, 1.165) is 57.1 Å². The molecule has 2 aliphatic heterocycles. The first-order valence-corrected chi connectivity index (χ1v) is 9.36. The van der Waals surface area contributed by atoms with Crippen LogP contribution in [0.3, 0.4) is 0 Å². The Morgan fingerprint density at radius 3 is 2.76 bits per heavy atom. The number of carbonyl (C=O) groups is 1. The molecule has 2 fully saturated rings. The second-order valence-corrected chi connectivity index (χ2v) is 8.05. The standard InChI is InChI=1S/C19H31N5O/c1-15-16(2)20-14-21-18(15)24-9-5-7-19(13-24)8-6-17(25)23(12-19)11-10-22(3)4/h14H,5-13H2,1-4H3. The molecule has 1 unspecified atom stereocenters. The fraction of sp³-hybridized carbons (Fsp3) is 0.737. The molecule has 0 bridgehead atoms. The smallest absolute Gasteiger partial charge is 0.222 e. The highest BCUT2D eigenvalue weighted by Crippen LogP contribution is 2.40. The number of aromatic nitrogens is 2.